The zero-order valence-corrected chi connectivity index (χ0v) is 24.6. The lowest BCUT2D eigenvalue weighted by molar-refractivity contribution is -0.120. The number of carbonyl (C=O) groups is 3. The second-order valence-corrected chi connectivity index (χ2v) is 11.1. The van der Waals surface area contributed by atoms with Gasteiger partial charge in [-0.1, -0.05) is 29.8 Å². The van der Waals surface area contributed by atoms with Crippen LogP contribution in [0, 0.1) is 0 Å². The maximum atomic E-state index is 13.6. The van der Waals surface area contributed by atoms with E-state index in [0.717, 1.165) is 56.4 Å². The van der Waals surface area contributed by atoms with Gasteiger partial charge in [-0.25, -0.2) is 4.98 Å². The average Bonchev–Trinajstić information content (AvgIpc) is 3.22. The smallest absolute Gasteiger partial charge is 0.283 e. The topological polar surface area (TPSA) is 95.1 Å². The van der Waals surface area contributed by atoms with Gasteiger partial charge in [0.15, 0.2) is 5.82 Å². The number of rotatable bonds is 8. The third-order valence-corrected chi connectivity index (χ3v) is 7.92. The number of pyridine rings is 1. The first-order valence-electron chi connectivity index (χ1n) is 14.5. The van der Waals surface area contributed by atoms with Crippen molar-refractivity contribution in [1.29, 1.82) is 0 Å². The van der Waals surface area contributed by atoms with Crippen molar-refractivity contribution in [2.75, 3.05) is 42.7 Å². The number of benzene rings is 2. The van der Waals surface area contributed by atoms with Crippen molar-refractivity contribution < 1.29 is 19.2 Å². The molecule has 2 aliphatic rings. The van der Waals surface area contributed by atoms with Gasteiger partial charge in [-0.3, -0.25) is 19.2 Å². The first-order valence-corrected chi connectivity index (χ1v) is 14.8. The van der Waals surface area contributed by atoms with E-state index in [0.29, 0.717) is 35.1 Å². The number of hydrogen-bond acceptors (Lipinski definition) is 6. The second-order valence-electron chi connectivity index (χ2n) is 10.7. The van der Waals surface area contributed by atoms with E-state index < -0.39 is 0 Å². The lowest BCUT2D eigenvalue weighted by Crippen LogP contribution is -2.45. The van der Waals surface area contributed by atoms with Gasteiger partial charge in [-0.2, -0.15) is 5.06 Å². The molecule has 1 aromatic heterocycles. The molecule has 9 nitrogen and oxygen atoms in total. The van der Waals surface area contributed by atoms with Crippen molar-refractivity contribution in [2.45, 2.75) is 45.1 Å². The van der Waals surface area contributed by atoms with Gasteiger partial charge in [-0.05, 0) is 80.1 Å². The molecule has 0 spiro atoms. The van der Waals surface area contributed by atoms with Crippen molar-refractivity contribution >= 4 is 40.8 Å². The number of piperidine rings is 1. The molecule has 0 aliphatic carbocycles. The van der Waals surface area contributed by atoms with Crippen LogP contribution in [-0.2, 0) is 16.1 Å². The van der Waals surface area contributed by atoms with Crippen LogP contribution in [0.25, 0.3) is 0 Å². The van der Waals surface area contributed by atoms with Gasteiger partial charge in [0.2, 0.25) is 5.91 Å². The van der Waals surface area contributed by atoms with Crippen LogP contribution >= 0.6 is 11.6 Å². The molecule has 0 atom stereocenters. The predicted octanol–water partition coefficient (Wildman–Crippen LogP) is 4.90. The minimum Gasteiger partial charge on any atom is -0.354 e. The summed E-state index contributed by atoms with van der Waals surface area (Å²) in [4.78, 5) is 53.0. The molecule has 0 radical (unpaired) electrons. The van der Waals surface area contributed by atoms with E-state index in [1.54, 1.807) is 48.2 Å². The average molecular weight is 590 g/mol. The van der Waals surface area contributed by atoms with Crippen LogP contribution in [0.2, 0.25) is 5.02 Å². The summed E-state index contributed by atoms with van der Waals surface area (Å²) in [5.41, 5.74) is 2.83. The van der Waals surface area contributed by atoms with E-state index in [2.05, 4.69) is 15.2 Å². The molecule has 0 saturated carbocycles. The largest absolute Gasteiger partial charge is 0.354 e. The summed E-state index contributed by atoms with van der Waals surface area (Å²) in [7, 11) is 0. The molecule has 1 saturated heterocycles. The van der Waals surface area contributed by atoms with E-state index >= 15 is 0 Å². The summed E-state index contributed by atoms with van der Waals surface area (Å²) in [6.45, 7) is 4.72. The molecular weight excluding hydrogens is 554 g/mol. The predicted molar refractivity (Wildman–Crippen MR) is 163 cm³/mol. The first kappa shape index (κ1) is 29.7. The Hall–Kier alpha value is -3.79. The van der Waals surface area contributed by atoms with Crippen LogP contribution < -0.4 is 15.3 Å². The minimum absolute atomic E-state index is 0.00627. The summed E-state index contributed by atoms with van der Waals surface area (Å²) in [5, 5.41) is 4.85. The maximum absolute atomic E-state index is 13.6. The van der Waals surface area contributed by atoms with Gasteiger partial charge in [0.05, 0.1) is 12.2 Å². The Morgan fingerprint density at radius 3 is 2.50 bits per heavy atom. The highest BCUT2D eigenvalue weighted by molar-refractivity contribution is 6.30. The van der Waals surface area contributed by atoms with Crippen molar-refractivity contribution in [3.63, 3.8) is 0 Å². The number of fused-ring (bicyclic) bond motifs is 1. The fraction of sp³-hybridized carbons (Fsp3) is 0.375. The molecule has 220 valence electrons. The summed E-state index contributed by atoms with van der Waals surface area (Å²) < 4.78 is 0. The number of amides is 3. The normalized spacial score (nSPS) is 15.9. The molecule has 0 bridgehead atoms. The van der Waals surface area contributed by atoms with Crippen molar-refractivity contribution in [1.82, 2.24) is 15.2 Å². The fourth-order valence-electron chi connectivity index (χ4n) is 5.50. The Morgan fingerprint density at radius 2 is 1.79 bits per heavy atom. The van der Waals surface area contributed by atoms with Gasteiger partial charge in [0.1, 0.15) is 0 Å². The fourth-order valence-corrected chi connectivity index (χ4v) is 5.69. The SMILES string of the molecule is CC(=O)NC1CCN(CCON(C(=O)c2ccccc2)c2ccc(C(=O)N3CCCCc4cc(Cl)ccc43)cn2)CC1. The van der Waals surface area contributed by atoms with Crippen molar-refractivity contribution in [3.8, 4) is 0 Å². The van der Waals surface area contributed by atoms with Gasteiger partial charge in [0, 0.05) is 61.6 Å². The van der Waals surface area contributed by atoms with Crippen molar-refractivity contribution in [2.24, 2.45) is 0 Å². The molecule has 10 heteroatoms. The maximum Gasteiger partial charge on any atom is 0.283 e. The molecule has 1 N–H and O–H groups in total. The van der Waals surface area contributed by atoms with E-state index in [1.807, 2.05) is 24.3 Å². The molecule has 2 aliphatic heterocycles. The van der Waals surface area contributed by atoms with Crippen LogP contribution in [0.5, 0.6) is 0 Å². The van der Waals surface area contributed by atoms with Gasteiger partial charge >= 0.3 is 0 Å². The Balaban J connectivity index is 1.28. The summed E-state index contributed by atoms with van der Waals surface area (Å²) in [5.74, 6) is -0.199. The third kappa shape index (κ3) is 7.34. The number of hydroxylamine groups is 1. The van der Waals surface area contributed by atoms with Crippen LogP contribution in [0.3, 0.4) is 0 Å². The van der Waals surface area contributed by atoms with E-state index in [-0.39, 0.29) is 30.4 Å². The van der Waals surface area contributed by atoms with Gasteiger partial charge < -0.3 is 15.1 Å². The van der Waals surface area contributed by atoms with Crippen LogP contribution in [-0.4, -0.2) is 66.4 Å². The number of halogens is 1. The Kier molecular flexibility index (Phi) is 9.84. The number of nitrogens with one attached hydrogen (secondary N) is 1. The molecular formula is C32H36ClN5O4. The Labute approximate surface area is 251 Å². The summed E-state index contributed by atoms with van der Waals surface area (Å²) in [6, 6.07) is 18.1. The number of aryl methyl sites for hydroxylation is 1. The quantitative estimate of drug-likeness (QED) is 0.376. The monoisotopic (exact) mass is 589 g/mol. The Morgan fingerprint density at radius 1 is 1.00 bits per heavy atom. The number of carbonyl (C=O) groups excluding carboxylic acids is 3. The number of likely N-dealkylation sites (tertiary alicyclic amines) is 1. The Bertz CT molecular complexity index is 1390. The lowest BCUT2D eigenvalue weighted by atomic mass is 10.1. The molecule has 42 heavy (non-hydrogen) atoms. The summed E-state index contributed by atoms with van der Waals surface area (Å²) in [6.07, 6.45) is 5.99. The number of nitrogens with zero attached hydrogens (tertiary/aromatic N) is 4. The second kappa shape index (κ2) is 13.9. The number of hydrogen-bond donors (Lipinski definition) is 1. The molecule has 2 aromatic carbocycles. The van der Waals surface area contributed by atoms with Gasteiger partial charge in [0.25, 0.3) is 11.8 Å². The first-order chi connectivity index (χ1) is 20.4. The molecule has 0 unspecified atom stereocenters. The molecule has 3 amide bonds. The lowest BCUT2D eigenvalue weighted by Gasteiger charge is -2.32. The molecule has 3 aromatic rings. The molecule has 1 fully saturated rings. The van der Waals surface area contributed by atoms with Crippen LogP contribution in [0.1, 0.15) is 58.9 Å². The minimum atomic E-state index is -0.343. The van der Waals surface area contributed by atoms with Gasteiger partial charge in [-0.15, -0.1) is 0 Å². The van der Waals surface area contributed by atoms with E-state index in [4.69, 9.17) is 16.4 Å². The third-order valence-electron chi connectivity index (χ3n) is 7.69. The van der Waals surface area contributed by atoms with E-state index in [9.17, 15) is 14.4 Å². The van der Waals surface area contributed by atoms with E-state index in [1.165, 1.54) is 11.3 Å². The highest BCUT2D eigenvalue weighted by Crippen LogP contribution is 2.30. The molecule has 5 rings (SSSR count). The highest BCUT2D eigenvalue weighted by Gasteiger charge is 2.26. The number of anilines is 2. The highest BCUT2D eigenvalue weighted by atomic mass is 35.5. The number of aromatic nitrogens is 1. The zero-order chi connectivity index (χ0) is 29.5. The van der Waals surface area contributed by atoms with Crippen LogP contribution in [0.4, 0.5) is 11.5 Å². The zero-order valence-electron chi connectivity index (χ0n) is 23.8. The van der Waals surface area contributed by atoms with Crippen molar-refractivity contribution in [3.05, 3.63) is 88.6 Å². The summed E-state index contributed by atoms with van der Waals surface area (Å²) >= 11 is 6.22. The molecule has 3 heterocycles. The van der Waals surface area contributed by atoms with Crippen LogP contribution in [0.15, 0.2) is 66.9 Å². The standard InChI is InChI=1S/C32H36ClN5O4/c1-23(39)35-28-14-17-36(18-15-28)19-20-42-38(32(41)24-7-3-2-4-8-24)30-13-10-26(22-34-30)31(40)37-16-6-5-9-25-21-27(33)11-12-29(25)37/h2-4,7-8,10-13,21-22,28H,5-6,9,14-20H2,1H3,(H,35,39).